The first-order valence-electron chi connectivity index (χ1n) is 11.1. The molecule has 1 aliphatic rings. The van der Waals surface area contributed by atoms with E-state index in [9.17, 15) is 5.26 Å². The molecule has 1 aromatic carbocycles. The predicted molar refractivity (Wildman–Crippen MR) is 126 cm³/mol. The Morgan fingerprint density at radius 2 is 2.15 bits per heavy atom. The number of nitrogens with zero attached hydrogens (tertiary/aromatic N) is 6. The number of nitrogen functional groups attached to an aromatic ring is 1. The van der Waals surface area contributed by atoms with Crippen molar-refractivity contribution in [3.63, 3.8) is 0 Å². The first-order chi connectivity index (χ1) is 16.0. The van der Waals surface area contributed by atoms with Gasteiger partial charge in [-0.2, -0.15) is 10.4 Å². The summed E-state index contributed by atoms with van der Waals surface area (Å²) in [5.41, 5.74) is 14.0. The largest absolute Gasteiger partial charge is 0.493 e. The molecule has 0 amide bonds. The molecule has 1 aliphatic heterocycles. The lowest BCUT2D eigenvalue weighted by atomic mass is 10.0. The van der Waals surface area contributed by atoms with Crippen LogP contribution in [0.4, 0.5) is 11.6 Å². The van der Waals surface area contributed by atoms with E-state index < -0.39 is 0 Å². The molecule has 0 aliphatic carbocycles. The summed E-state index contributed by atoms with van der Waals surface area (Å²) in [7, 11) is 0. The zero-order chi connectivity index (χ0) is 23.1. The monoisotopic (exact) mass is 442 g/mol. The van der Waals surface area contributed by atoms with Crippen LogP contribution in [-0.4, -0.2) is 30.8 Å². The molecular formula is C24H26N8O. The molecule has 0 spiro atoms. The van der Waals surface area contributed by atoms with Crippen LogP contribution in [0.15, 0.2) is 24.5 Å². The highest BCUT2D eigenvalue weighted by atomic mass is 16.5. The lowest BCUT2D eigenvalue weighted by Gasteiger charge is -2.14. The fraction of sp³-hybridized carbons (Fsp3) is 0.333. The van der Waals surface area contributed by atoms with Crippen LogP contribution in [0.3, 0.4) is 0 Å². The van der Waals surface area contributed by atoms with E-state index in [1.54, 1.807) is 12.4 Å². The maximum atomic E-state index is 9.51. The van der Waals surface area contributed by atoms with Crippen molar-refractivity contribution < 1.29 is 4.74 Å². The van der Waals surface area contributed by atoms with Crippen LogP contribution in [-0.2, 0) is 19.5 Å². The smallest absolute Gasteiger partial charge is 0.208 e. The number of aromatic nitrogens is 5. The number of ether oxygens (including phenoxy) is 1. The summed E-state index contributed by atoms with van der Waals surface area (Å²) in [6, 6.07) is 5.94. The number of nitrogens with two attached hydrogens (primary N) is 1. The molecule has 9 heteroatoms. The van der Waals surface area contributed by atoms with Gasteiger partial charge in [0.25, 0.3) is 0 Å². The van der Waals surface area contributed by atoms with Crippen molar-refractivity contribution in [2.75, 3.05) is 17.7 Å². The molecule has 168 valence electrons. The van der Waals surface area contributed by atoms with Gasteiger partial charge in [0.05, 0.1) is 18.5 Å². The van der Waals surface area contributed by atoms with Crippen molar-refractivity contribution in [2.24, 2.45) is 0 Å². The Balaban J connectivity index is 1.56. The summed E-state index contributed by atoms with van der Waals surface area (Å²) in [5.74, 6) is 1.48. The molecule has 0 saturated heterocycles. The number of aryl methyl sites for hydroxylation is 2. The van der Waals surface area contributed by atoms with Gasteiger partial charge >= 0.3 is 0 Å². The molecule has 5 rings (SSSR count). The Kier molecular flexibility index (Phi) is 5.13. The minimum atomic E-state index is 0.331. The van der Waals surface area contributed by atoms with E-state index >= 15 is 0 Å². The third-order valence-corrected chi connectivity index (χ3v) is 6.15. The second-order valence-corrected chi connectivity index (χ2v) is 8.26. The topological polar surface area (TPSA) is 119 Å². The average Bonchev–Trinajstić information content (AvgIpc) is 3.51. The lowest BCUT2D eigenvalue weighted by molar-refractivity contribution is 0.357. The zero-order valence-electron chi connectivity index (χ0n) is 19.0. The number of fused-ring (bicyclic) bond motifs is 2. The van der Waals surface area contributed by atoms with Crippen molar-refractivity contribution >= 4 is 17.3 Å². The van der Waals surface area contributed by atoms with E-state index in [1.807, 2.05) is 28.1 Å². The molecule has 3 aromatic heterocycles. The van der Waals surface area contributed by atoms with Crippen LogP contribution in [0.5, 0.6) is 5.75 Å². The lowest BCUT2D eigenvalue weighted by Crippen LogP contribution is -2.10. The maximum Gasteiger partial charge on any atom is 0.208 e. The summed E-state index contributed by atoms with van der Waals surface area (Å²) in [6.07, 6.45) is 5.35. The van der Waals surface area contributed by atoms with Gasteiger partial charge in [-0.3, -0.25) is 9.08 Å². The van der Waals surface area contributed by atoms with Crippen molar-refractivity contribution in [3.05, 3.63) is 52.7 Å². The Morgan fingerprint density at radius 3 is 2.94 bits per heavy atom. The summed E-state index contributed by atoms with van der Waals surface area (Å²) in [6.45, 7) is 8.19. The van der Waals surface area contributed by atoms with Crippen LogP contribution >= 0.6 is 0 Å². The minimum absolute atomic E-state index is 0.331. The summed E-state index contributed by atoms with van der Waals surface area (Å²) < 4.78 is 9.53. The van der Waals surface area contributed by atoms with Crippen molar-refractivity contribution in [2.45, 2.75) is 46.7 Å². The third kappa shape index (κ3) is 3.44. The predicted octanol–water partition coefficient (Wildman–Crippen LogP) is 3.62. The van der Waals surface area contributed by atoms with Crippen LogP contribution in [0.1, 0.15) is 41.6 Å². The molecular weight excluding hydrogens is 416 g/mol. The fourth-order valence-electron chi connectivity index (χ4n) is 4.59. The molecule has 0 radical (unpaired) electrons. The van der Waals surface area contributed by atoms with Gasteiger partial charge in [0.2, 0.25) is 5.95 Å². The standard InChI is InChI=1S/C24H26N8O/c1-4-8-32-15(3)22(14(2)30-32)19-12-28-24(31-13-16(10-25)29-23(19)31)27-11-18-17-7-9-33-21(17)6-5-20(18)26/h5-6,12-13H,4,7-9,11,26H2,1-3H3,(H,27,28). The summed E-state index contributed by atoms with van der Waals surface area (Å²) in [4.78, 5) is 9.28. The second-order valence-electron chi connectivity index (χ2n) is 8.26. The number of hydrogen-bond donors (Lipinski definition) is 2. The quantitative estimate of drug-likeness (QED) is 0.438. The minimum Gasteiger partial charge on any atom is -0.493 e. The molecule has 4 aromatic rings. The molecule has 0 atom stereocenters. The average molecular weight is 443 g/mol. The maximum absolute atomic E-state index is 9.51. The van der Waals surface area contributed by atoms with E-state index in [2.05, 4.69) is 30.2 Å². The molecule has 0 unspecified atom stereocenters. The first-order valence-corrected chi connectivity index (χ1v) is 11.1. The fourth-order valence-corrected chi connectivity index (χ4v) is 4.59. The van der Waals surface area contributed by atoms with Gasteiger partial charge < -0.3 is 15.8 Å². The number of hydrogen-bond acceptors (Lipinski definition) is 7. The highest BCUT2D eigenvalue weighted by Gasteiger charge is 2.21. The first kappa shape index (κ1) is 20.8. The van der Waals surface area contributed by atoms with E-state index in [0.29, 0.717) is 30.4 Å². The van der Waals surface area contributed by atoms with Crippen molar-refractivity contribution in [3.8, 4) is 22.9 Å². The summed E-state index contributed by atoms with van der Waals surface area (Å²) in [5, 5.41) is 17.6. The van der Waals surface area contributed by atoms with Crippen LogP contribution in [0.25, 0.3) is 16.8 Å². The summed E-state index contributed by atoms with van der Waals surface area (Å²) >= 11 is 0. The molecule has 4 heterocycles. The number of rotatable bonds is 6. The number of imidazole rings is 1. The SMILES string of the molecule is CCCn1nc(C)c(-c2cnc(NCc3c(N)ccc4c3CCO4)n3cc(C#N)nc23)c1C. The zero-order valence-corrected chi connectivity index (χ0v) is 19.0. The van der Waals surface area contributed by atoms with Crippen molar-refractivity contribution in [1.82, 2.24) is 24.1 Å². The normalized spacial score (nSPS) is 12.5. The van der Waals surface area contributed by atoms with Gasteiger partial charge in [-0.1, -0.05) is 6.92 Å². The van der Waals surface area contributed by atoms with E-state index in [4.69, 9.17) is 20.6 Å². The van der Waals surface area contributed by atoms with Crippen LogP contribution in [0.2, 0.25) is 0 Å². The molecule has 0 fully saturated rings. The van der Waals surface area contributed by atoms with Gasteiger partial charge in [-0.15, -0.1) is 0 Å². The Bertz CT molecular complexity index is 1410. The van der Waals surface area contributed by atoms with Crippen LogP contribution < -0.4 is 15.8 Å². The van der Waals surface area contributed by atoms with Gasteiger partial charge in [0.1, 0.15) is 11.8 Å². The number of nitrogens with one attached hydrogen (secondary N) is 1. The van der Waals surface area contributed by atoms with E-state index in [-0.39, 0.29) is 0 Å². The molecule has 3 N–H and O–H groups in total. The number of anilines is 2. The van der Waals surface area contributed by atoms with E-state index in [1.165, 1.54) is 0 Å². The molecule has 9 nitrogen and oxygen atoms in total. The molecule has 33 heavy (non-hydrogen) atoms. The highest BCUT2D eigenvalue weighted by molar-refractivity contribution is 5.81. The van der Waals surface area contributed by atoms with Gasteiger partial charge in [-0.25, -0.2) is 9.97 Å². The highest BCUT2D eigenvalue weighted by Crippen LogP contribution is 2.34. The van der Waals surface area contributed by atoms with E-state index in [0.717, 1.165) is 64.5 Å². The Morgan fingerprint density at radius 1 is 1.30 bits per heavy atom. The Labute approximate surface area is 191 Å². The van der Waals surface area contributed by atoms with Crippen LogP contribution in [0, 0.1) is 25.2 Å². The Hall–Kier alpha value is -4.06. The van der Waals surface area contributed by atoms with Gasteiger partial charge in [-0.05, 0) is 32.4 Å². The second kappa shape index (κ2) is 8.13. The van der Waals surface area contributed by atoms with Gasteiger partial charge in [0, 0.05) is 59.3 Å². The third-order valence-electron chi connectivity index (χ3n) is 6.15. The van der Waals surface area contributed by atoms with Gasteiger partial charge in [0.15, 0.2) is 11.3 Å². The molecule has 0 saturated carbocycles. The number of nitriles is 1. The number of benzene rings is 1. The molecule has 0 bridgehead atoms. The van der Waals surface area contributed by atoms with Crippen molar-refractivity contribution in [1.29, 1.82) is 5.26 Å².